The summed E-state index contributed by atoms with van der Waals surface area (Å²) in [6, 6.07) is 12.0. The molecule has 1 amide bonds. The third kappa shape index (κ3) is 3.65. The van der Waals surface area contributed by atoms with Crippen molar-refractivity contribution in [2.45, 2.75) is 6.92 Å². The number of amides is 1. The number of hydrogen-bond acceptors (Lipinski definition) is 8. The third-order valence-corrected chi connectivity index (χ3v) is 5.27. The lowest BCUT2D eigenvalue weighted by molar-refractivity contribution is 0.0715. The SMILES string of the molecule is Cc1nc(-c2ccc(N3CCN(C(=O)c4cc(=O)c5ccccc5o4)CC3)nc2)no1. The standard InChI is InChI=1S/C22H19N5O4/c1-14-24-21(25-31-14)15-6-7-20(23-13-15)26-8-10-27(11-9-26)22(29)19-12-17(28)16-4-2-3-5-18(16)30-19/h2-7,12-13H,8-11H2,1H3. The third-order valence-electron chi connectivity index (χ3n) is 5.27. The van der Waals surface area contributed by atoms with Gasteiger partial charge in [-0.3, -0.25) is 9.59 Å². The second-order valence-electron chi connectivity index (χ2n) is 7.29. The maximum absolute atomic E-state index is 12.9. The Morgan fingerprint density at radius 2 is 1.87 bits per heavy atom. The minimum absolute atomic E-state index is 0.0648. The molecule has 31 heavy (non-hydrogen) atoms. The van der Waals surface area contributed by atoms with Crippen LogP contribution in [0.15, 0.2) is 62.4 Å². The number of aryl methyl sites for hydroxylation is 1. The summed E-state index contributed by atoms with van der Waals surface area (Å²) >= 11 is 0. The predicted octanol–water partition coefficient (Wildman–Crippen LogP) is 2.51. The van der Waals surface area contributed by atoms with Crippen LogP contribution in [0.2, 0.25) is 0 Å². The van der Waals surface area contributed by atoms with Gasteiger partial charge in [0.2, 0.25) is 11.7 Å². The lowest BCUT2D eigenvalue weighted by atomic mass is 10.2. The number of carbonyl (C=O) groups is 1. The molecule has 1 aliphatic rings. The number of fused-ring (bicyclic) bond motifs is 1. The highest BCUT2D eigenvalue weighted by Crippen LogP contribution is 2.20. The molecule has 1 saturated heterocycles. The van der Waals surface area contributed by atoms with Crippen LogP contribution in [-0.4, -0.2) is 52.1 Å². The molecule has 0 atom stereocenters. The monoisotopic (exact) mass is 417 g/mol. The van der Waals surface area contributed by atoms with E-state index in [0.29, 0.717) is 48.9 Å². The molecule has 0 unspecified atom stereocenters. The van der Waals surface area contributed by atoms with Crippen LogP contribution < -0.4 is 10.3 Å². The number of carbonyl (C=O) groups excluding carboxylic acids is 1. The largest absolute Gasteiger partial charge is 0.451 e. The molecule has 1 aliphatic heterocycles. The quantitative estimate of drug-likeness (QED) is 0.501. The van der Waals surface area contributed by atoms with Crippen molar-refractivity contribution in [2.75, 3.05) is 31.1 Å². The van der Waals surface area contributed by atoms with Gasteiger partial charge in [-0.15, -0.1) is 0 Å². The van der Waals surface area contributed by atoms with Crippen molar-refractivity contribution in [2.24, 2.45) is 0 Å². The zero-order valence-electron chi connectivity index (χ0n) is 16.8. The van der Waals surface area contributed by atoms with Gasteiger partial charge < -0.3 is 18.7 Å². The average molecular weight is 417 g/mol. The first-order valence-electron chi connectivity index (χ1n) is 9.92. The first kappa shape index (κ1) is 19.0. The molecule has 0 bridgehead atoms. The average Bonchev–Trinajstić information content (AvgIpc) is 3.25. The number of aromatic nitrogens is 3. The van der Waals surface area contributed by atoms with E-state index in [2.05, 4.69) is 20.0 Å². The molecule has 4 heterocycles. The van der Waals surface area contributed by atoms with E-state index in [0.717, 1.165) is 11.4 Å². The normalized spacial score (nSPS) is 14.2. The van der Waals surface area contributed by atoms with E-state index in [-0.39, 0.29) is 17.1 Å². The molecular weight excluding hydrogens is 398 g/mol. The Morgan fingerprint density at radius 3 is 2.58 bits per heavy atom. The summed E-state index contributed by atoms with van der Waals surface area (Å²) in [6.45, 7) is 3.99. The van der Waals surface area contributed by atoms with Crippen LogP contribution in [0.1, 0.15) is 16.4 Å². The molecule has 0 N–H and O–H groups in total. The molecule has 9 nitrogen and oxygen atoms in total. The van der Waals surface area contributed by atoms with Crippen LogP contribution in [-0.2, 0) is 0 Å². The van der Waals surface area contributed by atoms with E-state index < -0.39 is 0 Å². The fraction of sp³-hybridized carbons (Fsp3) is 0.227. The summed E-state index contributed by atoms with van der Waals surface area (Å²) in [6.07, 6.45) is 1.71. The van der Waals surface area contributed by atoms with Gasteiger partial charge in [-0.05, 0) is 24.3 Å². The van der Waals surface area contributed by atoms with Crippen LogP contribution in [0.25, 0.3) is 22.4 Å². The Kier molecular flexibility index (Phi) is 4.70. The van der Waals surface area contributed by atoms with Crippen LogP contribution in [0.4, 0.5) is 5.82 Å². The first-order chi connectivity index (χ1) is 15.1. The summed E-state index contributed by atoms with van der Waals surface area (Å²) < 4.78 is 10.7. The molecule has 0 aliphatic carbocycles. The second kappa shape index (κ2) is 7.67. The topological polar surface area (TPSA) is 106 Å². The van der Waals surface area contributed by atoms with Crippen molar-refractivity contribution in [3.63, 3.8) is 0 Å². The number of para-hydroxylation sites is 1. The summed E-state index contributed by atoms with van der Waals surface area (Å²) in [5, 5.41) is 4.36. The first-order valence-corrected chi connectivity index (χ1v) is 9.92. The van der Waals surface area contributed by atoms with Gasteiger partial charge in [0.1, 0.15) is 11.4 Å². The molecule has 156 valence electrons. The van der Waals surface area contributed by atoms with E-state index in [9.17, 15) is 9.59 Å². The van der Waals surface area contributed by atoms with Crippen LogP contribution >= 0.6 is 0 Å². The Balaban J connectivity index is 1.27. The predicted molar refractivity (Wildman–Crippen MR) is 113 cm³/mol. The maximum Gasteiger partial charge on any atom is 0.289 e. The van der Waals surface area contributed by atoms with Gasteiger partial charge in [0.05, 0.1) is 5.39 Å². The summed E-state index contributed by atoms with van der Waals surface area (Å²) in [7, 11) is 0. The Bertz CT molecular complexity index is 1300. The van der Waals surface area contributed by atoms with E-state index in [4.69, 9.17) is 8.94 Å². The number of piperazine rings is 1. The highest BCUT2D eigenvalue weighted by molar-refractivity contribution is 5.93. The van der Waals surface area contributed by atoms with Gasteiger partial charge in [0.25, 0.3) is 5.91 Å². The Morgan fingerprint density at radius 1 is 1.06 bits per heavy atom. The summed E-state index contributed by atoms with van der Waals surface area (Å²) in [5.41, 5.74) is 0.976. The van der Waals surface area contributed by atoms with Crippen molar-refractivity contribution >= 4 is 22.7 Å². The number of rotatable bonds is 3. The molecule has 1 aromatic carbocycles. The molecule has 4 aromatic rings. The molecule has 0 spiro atoms. The minimum Gasteiger partial charge on any atom is -0.451 e. The van der Waals surface area contributed by atoms with E-state index in [1.165, 1.54) is 6.07 Å². The molecular formula is C22H19N5O4. The molecule has 0 saturated carbocycles. The van der Waals surface area contributed by atoms with Gasteiger partial charge in [0.15, 0.2) is 11.2 Å². The molecule has 3 aromatic heterocycles. The van der Waals surface area contributed by atoms with Gasteiger partial charge in [-0.1, -0.05) is 17.3 Å². The van der Waals surface area contributed by atoms with Gasteiger partial charge in [-0.2, -0.15) is 4.98 Å². The number of hydrogen-bond donors (Lipinski definition) is 0. The number of nitrogens with zero attached hydrogens (tertiary/aromatic N) is 5. The van der Waals surface area contributed by atoms with Crippen molar-refractivity contribution in [1.29, 1.82) is 0 Å². The fourth-order valence-corrected chi connectivity index (χ4v) is 3.63. The molecule has 1 fully saturated rings. The second-order valence-corrected chi connectivity index (χ2v) is 7.29. The van der Waals surface area contributed by atoms with Crippen LogP contribution in [0.3, 0.4) is 0 Å². The zero-order valence-corrected chi connectivity index (χ0v) is 16.8. The zero-order chi connectivity index (χ0) is 21.4. The number of anilines is 1. The summed E-state index contributed by atoms with van der Waals surface area (Å²) in [4.78, 5) is 37.7. The molecule has 5 rings (SSSR count). The Hall–Kier alpha value is -4.01. The number of benzene rings is 1. The van der Waals surface area contributed by atoms with Crippen LogP contribution in [0.5, 0.6) is 0 Å². The van der Waals surface area contributed by atoms with Crippen molar-refractivity contribution in [1.82, 2.24) is 20.0 Å². The van der Waals surface area contributed by atoms with E-state index in [1.54, 1.807) is 42.3 Å². The number of pyridine rings is 1. The molecule has 0 radical (unpaired) electrons. The fourth-order valence-electron chi connectivity index (χ4n) is 3.63. The van der Waals surface area contributed by atoms with Crippen molar-refractivity contribution in [3.8, 4) is 11.4 Å². The highest BCUT2D eigenvalue weighted by Gasteiger charge is 2.25. The highest BCUT2D eigenvalue weighted by atomic mass is 16.5. The van der Waals surface area contributed by atoms with E-state index >= 15 is 0 Å². The lowest BCUT2D eigenvalue weighted by Gasteiger charge is -2.35. The smallest absolute Gasteiger partial charge is 0.289 e. The Labute approximate surface area is 176 Å². The van der Waals surface area contributed by atoms with Crippen molar-refractivity contribution in [3.05, 3.63) is 70.5 Å². The van der Waals surface area contributed by atoms with Gasteiger partial charge >= 0.3 is 0 Å². The maximum atomic E-state index is 12.9. The van der Waals surface area contributed by atoms with Crippen molar-refractivity contribution < 1.29 is 13.7 Å². The van der Waals surface area contributed by atoms with Crippen LogP contribution in [0, 0.1) is 6.92 Å². The van der Waals surface area contributed by atoms with Gasteiger partial charge in [-0.25, -0.2) is 4.98 Å². The van der Waals surface area contributed by atoms with E-state index in [1.807, 2.05) is 12.1 Å². The van der Waals surface area contributed by atoms with Gasteiger partial charge in [0, 0.05) is 50.9 Å². The minimum atomic E-state index is -0.279. The lowest BCUT2D eigenvalue weighted by Crippen LogP contribution is -2.49. The summed E-state index contributed by atoms with van der Waals surface area (Å²) in [5.74, 6) is 1.60. The molecule has 9 heteroatoms.